The summed E-state index contributed by atoms with van der Waals surface area (Å²) in [5, 5.41) is 0. The average molecular weight is 300 g/mol. The minimum atomic E-state index is 0.749. The van der Waals surface area contributed by atoms with Crippen molar-refractivity contribution < 1.29 is 4.74 Å². The van der Waals surface area contributed by atoms with Crippen molar-refractivity contribution in [3.8, 4) is 0 Å². The SMILES string of the molecule is CCCCCCCCCCCCCCCCOCCCN. The molecule has 0 aromatic heterocycles. The number of hydrogen-bond acceptors (Lipinski definition) is 2. The summed E-state index contributed by atoms with van der Waals surface area (Å²) in [6.45, 7) is 4.81. The topological polar surface area (TPSA) is 35.2 Å². The van der Waals surface area contributed by atoms with E-state index in [1.165, 1.54) is 89.9 Å². The van der Waals surface area contributed by atoms with E-state index in [9.17, 15) is 0 Å². The van der Waals surface area contributed by atoms with E-state index in [1.807, 2.05) is 0 Å². The van der Waals surface area contributed by atoms with E-state index < -0.39 is 0 Å². The fourth-order valence-corrected chi connectivity index (χ4v) is 2.69. The van der Waals surface area contributed by atoms with E-state index >= 15 is 0 Å². The predicted molar refractivity (Wildman–Crippen MR) is 94.8 cm³/mol. The zero-order chi connectivity index (χ0) is 15.4. The fourth-order valence-electron chi connectivity index (χ4n) is 2.69. The van der Waals surface area contributed by atoms with Crippen LogP contribution in [-0.2, 0) is 4.74 Å². The number of nitrogens with two attached hydrogens (primary N) is 1. The zero-order valence-electron chi connectivity index (χ0n) is 14.7. The van der Waals surface area contributed by atoms with E-state index in [1.54, 1.807) is 0 Å². The molecule has 0 radical (unpaired) electrons. The molecule has 0 atom stereocenters. The van der Waals surface area contributed by atoms with Crippen LogP contribution in [0.15, 0.2) is 0 Å². The minimum absolute atomic E-state index is 0.749. The molecule has 0 amide bonds. The molecular formula is C19H41NO. The van der Waals surface area contributed by atoms with Gasteiger partial charge in [-0.2, -0.15) is 0 Å². The molecule has 0 aliphatic heterocycles. The van der Waals surface area contributed by atoms with Crippen LogP contribution in [0.1, 0.15) is 103 Å². The van der Waals surface area contributed by atoms with Gasteiger partial charge in [-0.3, -0.25) is 0 Å². The first-order chi connectivity index (χ1) is 10.4. The van der Waals surface area contributed by atoms with Crippen molar-refractivity contribution in [2.45, 2.75) is 103 Å². The van der Waals surface area contributed by atoms with Gasteiger partial charge in [-0.15, -0.1) is 0 Å². The summed E-state index contributed by atoms with van der Waals surface area (Å²) in [4.78, 5) is 0. The lowest BCUT2D eigenvalue weighted by Gasteiger charge is -2.04. The summed E-state index contributed by atoms with van der Waals surface area (Å²) in [5.41, 5.74) is 5.41. The van der Waals surface area contributed by atoms with Crippen LogP contribution in [0.3, 0.4) is 0 Å². The molecule has 0 aliphatic carbocycles. The van der Waals surface area contributed by atoms with E-state index in [-0.39, 0.29) is 0 Å². The van der Waals surface area contributed by atoms with Gasteiger partial charge < -0.3 is 10.5 Å². The number of unbranched alkanes of at least 4 members (excludes halogenated alkanes) is 13. The van der Waals surface area contributed by atoms with Gasteiger partial charge >= 0.3 is 0 Å². The molecule has 0 heterocycles. The highest BCUT2D eigenvalue weighted by molar-refractivity contribution is 4.49. The Kier molecular flexibility index (Phi) is 19.8. The Morgan fingerprint density at radius 1 is 0.524 bits per heavy atom. The van der Waals surface area contributed by atoms with Crippen LogP contribution in [0, 0.1) is 0 Å². The first-order valence-electron chi connectivity index (χ1n) is 9.69. The Hall–Kier alpha value is -0.0800. The lowest BCUT2D eigenvalue weighted by atomic mass is 10.0. The minimum Gasteiger partial charge on any atom is -0.381 e. The van der Waals surface area contributed by atoms with E-state index in [4.69, 9.17) is 10.5 Å². The molecule has 0 rings (SSSR count). The number of rotatable bonds is 18. The Morgan fingerprint density at radius 2 is 0.905 bits per heavy atom. The molecule has 128 valence electrons. The number of hydrogen-bond donors (Lipinski definition) is 1. The molecular weight excluding hydrogens is 258 g/mol. The monoisotopic (exact) mass is 299 g/mol. The summed E-state index contributed by atoms with van der Waals surface area (Å²) in [5.74, 6) is 0. The predicted octanol–water partition coefficient (Wildman–Crippen LogP) is 5.83. The normalized spacial score (nSPS) is 11.1. The standard InChI is InChI=1S/C19H41NO/c1-2-3-4-5-6-7-8-9-10-11-12-13-14-15-18-21-19-16-17-20/h2-20H2,1H3. The van der Waals surface area contributed by atoms with Crippen LogP contribution in [0.25, 0.3) is 0 Å². The van der Waals surface area contributed by atoms with Crippen molar-refractivity contribution >= 4 is 0 Å². The largest absolute Gasteiger partial charge is 0.381 e. The highest BCUT2D eigenvalue weighted by Gasteiger charge is 1.94. The summed E-state index contributed by atoms with van der Waals surface area (Å²) >= 11 is 0. The van der Waals surface area contributed by atoms with Crippen LogP contribution in [-0.4, -0.2) is 19.8 Å². The van der Waals surface area contributed by atoms with Crippen molar-refractivity contribution in [1.82, 2.24) is 0 Å². The van der Waals surface area contributed by atoms with E-state index in [0.29, 0.717) is 0 Å². The van der Waals surface area contributed by atoms with Crippen LogP contribution in [0.2, 0.25) is 0 Å². The van der Waals surface area contributed by atoms with Gasteiger partial charge in [0.05, 0.1) is 0 Å². The van der Waals surface area contributed by atoms with Gasteiger partial charge in [0.25, 0.3) is 0 Å². The van der Waals surface area contributed by atoms with Gasteiger partial charge in [0.2, 0.25) is 0 Å². The molecule has 0 aromatic carbocycles. The second kappa shape index (κ2) is 19.9. The lowest BCUT2D eigenvalue weighted by Crippen LogP contribution is -2.04. The van der Waals surface area contributed by atoms with Gasteiger partial charge in [-0.1, -0.05) is 90.4 Å². The van der Waals surface area contributed by atoms with Crippen molar-refractivity contribution in [3.63, 3.8) is 0 Å². The molecule has 0 fully saturated rings. The highest BCUT2D eigenvalue weighted by atomic mass is 16.5. The van der Waals surface area contributed by atoms with Crippen LogP contribution >= 0.6 is 0 Å². The van der Waals surface area contributed by atoms with Gasteiger partial charge in [0.15, 0.2) is 0 Å². The maximum Gasteiger partial charge on any atom is 0.0478 e. The zero-order valence-corrected chi connectivity index (χ0v) is 14.7. The lowest BCUT2D eigenvalue weighted by molar-refractivity contribution is 0.129. The van der Waals surface area contributed by atoms with Gasteiger partial charge in [0, 0.05) is 13.2 Å². The van der Waals surface area contributed by atoms with Gasteiger partial charge in [-0.25, -0.2) is 0 Å². The summed E-state index contributed by atoms with van der Waals surface area (Å²) in [6, 6.07) is 0. The third kappa shape index (κ3) is 19.9. The smallest absolute Gasteiger partial charge is 0.0478 e. The second-order valence-corrected chi connectivity index (χ2v) is 6.35. The Labute approximate surface area is 134 Å². The maximum atomic E-state index is 5.50. The molecule has 21 heavy (non-hydrogen) atoms. The average Bonchev–Trinajstić information content (AvgIpc) is 2.50. The van der Waals surface area contributed by atoms with Crippen LogP contribution < -0.4 is 5.73 Å². The maximum absolute atomic E-state index is 5.50. The first-order valence-corrected chi connectivity index (χ1v) is 9.69. The van der Waals surface area contributed by atoms with Crippen molar-refractivity contribution in [3.05, 3.63) is 0 Å². The summed E-state index contributed by atoms with van der Waals surface area (Å²) in [7, 11) is 0. The molecule has 0 bridgehead atoms. The van der Waals surface area contributed by atoms with Crippen molar-refractivity contribution in [2.75, 3.05) is 19.8 Å². The third-order valence-corrected chi connectivity index (χ3v) is 4.14. The molecule has 2 heteroatoms. The van der Waals surface area contributed by atoms with E-state index in [0.717, 1.165) is 26.2 Å². The van der Waals surface area contributed by atoms with Gasteiger partial charge in [0.1, 0.15) is 0 Å². The van der Waals surface area contributed by atoms with Crippen LogP contribution in [0.5, 0.6) is 0 Å². The van der Waals surface area contributed by atoms with Crippen molar-refractivity contribution in [1.29, 1.82) is 0 Å². The molecule has 0 aromatic rings. The number of ether oxygens (including phenoxy) is 1. The Morgan fingerprint density at radius 3 is 1.33 bits per heavy atom. The fraction of sp³-hybridized carbons (Fsp3) is 1.00. The quantitative estimate of drug-likeness (QED) is 0.323. The molecule has 0 unspecified atom stereocenters. The Bertz CT molecular complexity index is 155. The highest BCUT2D eigenvalue weighted by Crippen LogP contribution is 2.12. The second-order valence-electron chi connectivity index (χ2n) is 6.35. The third-order valence-electron chi connectivity index (χ3n) is 4.14. The molecule has 0 saturated heterocycles. The molecule has 0 spiro atoms. The molecule has 2 nitrogen and oxygen atoms in total. The summed E-state index contributed by atoms with van der Waals surface area (Å²) < 4.78 is 5.50. The first kappa shape index (κ1) is 20.9. The molecule has 0 aliphatic rings. The summed E-state index contributed by atoms with van der Waals surface area (Å²) in [6.07, 6.45) is 20.8. The molecule has 0 saturated carbocycles. The molecule has 2 N–H and O–H groups in total. The van der Waals surface area contributed by atoms with Crippen LogP contribution in [0.4, 0.5) is 0 Å². The van der Waals surface area contributed by atoms with E-state index in [2.05, 4.69) is 6.92 Å². The Balaban J connectivity index is 2.90. The van der Waals surface area contributed by atoms with Gasteiger partial charge in [-0.05, 0) is 19.4 Å². The van der Waals surface area contributed by atoms with Crippen molar-refractivity contribution in [2.24, 2.45) is 5.73 Å².